The Morgan fingerprint density at radius 3 is 2.39 bits per heavy atom. The molecule has 0 aromatic rings. The lowest BCUT2D eigenvalue weighted by Gasteiger charge is -2.31. The molecular weight excluding hydrogens is 348 g/mol. The maximum Gasteiger partial charge on any atom is 0.271 e. The predicted molar refractivity (Wildman–Crippen MR) is 84.1 cm³/mol. The van der Waals surface area contributed by atoms with Gasteiger partial charge in [-0.05, 0) is 6.92 Å². The van der Waals surface area contributed by atoms with Crippen LogP contribution in [0.25, 0.3) is 0 Å². The number of amides is 1. The van der Waals surface area contributed by atoms with E-state index in [0.29, 0.717) is 17.6 Å². The van der Waals surface area contributed by atoms with Gasteiger partial charge in [-0.25, -0.2) is 8.42 Å². The van der Waals surface area contributed by atoms with Crippen LogP contribution in [0.3, 0.4) is 0 Å². The summed E-state index contributed by atoms with van der Waals surface area (Å²) in [4.78, 5) is 12.1. The molecule has 1 amide bonds. The Balaban J connectivity index is 2.82. The van der Waals surface area contributed by atoms with Crippen LogP contribution in [-0.2, 0) is 24.7 Å². The van der Waals surface area contributed by atoms with Crippen LogP contribution in [0, 0.1) is 0 Å². The van der Waals surface area contributed by atoms with E-state index in [1.165, 1.54) is 6.92 Å². The highest BCUT2D eigenvalue weighted by Gasteiger charge is 2.54. The second kappa shape index (κ2) is 6.63. The van der Waals surface area contributed by atoms with Gasteiger partial charge >= 0.3 is 0 Å². The molecule has 2 atom stereocenters. The number of nitrogens with one attached hydrogen (secondary N) is 1. The molecule has 0 spiro atoms. The summed E-state index contributed by atoms with van der Waals surface area (Å²) in [5, 5.41) is 9.82. The van der Waals surface area contributed by atoms with Crippen molar-refractivity contribution in [2.24, 2.45) is 0 Å². The highest BCUT2D eigenvalue weighted by Crippen LogP contribution is 2.29. The summed E-state index contributed by atoms with van der Waals surface area (Å²) in [6.07, 6.45) is 0.0425. The molecule has 0 aromatic carbocycles. The fourth-order valence-corrected chi connectivity index (χ4v) is 7.07. The van der Waals surface area contributed by atoms with Crippen molar-refractivity contribution in [3.05, 3.63) is 0 Å². The third-order valence-corrected chi connectivity index (χ3v) is 7.57. The quantitative estimate of drug-likeness (QED) is 0.347. The van der Waals surface area contributed by atoms with Gasteiger partial charge in [0, 0.05) is 0 Å². The lowest BCUT2D eigenvalue weighted by Crippen LogP contribution is -2.57. The van der Waals surface area contributed by atoms with Crippen LogP contribution in [-0.4, -0.2) is 93.0 Å². The first-order valence-electron chi connectivity index (χ1n) is 7.11. The smallest absolute Gasteiger partial charge is 0.271 e. The summed E-state index contributed by atoms with van der Waals surface area (Å²) < 4.78 is 56.0. The second-order valence-corrected chi connectivity index (χ2v) is 10.6. The van der Waals surface area contributed by atoms with E-state index in [1.54, 1.807) is 0 Å². The van der Waals surface area contributed by atoms with Crippen LogP contribution in [0.15, 0.2) is 0 Å². The number of likely N-dealkylation sites (N-methyl/N-ethyl adjacent to an activating group) is 1. The number of aliphatic hydroxyl groups is 1. The Kier molecular flexibility index (Phi) is 5.85. The molecule has 1 rings (SSSR count). The zero-order valence-electron chi connectivity index (χ0n) is 13.5. The highest BCUT2D eigenvalue weighted by atomic mass is 32.2. The number of carbonyl (C=O) groups is 1. The Hall–Kier alpha value is -0.750. The second-order valence-electron chi connectivity index (χ2n) is 6.88. The number of nitrogens with zero attached hydrogens (tertiary/aromatic N) is 1. The van der Waals surface area contributed by atoms with Crippen molar-refractivity contribution < 1.29 is 35.8 Å². The van der Waals surface area contributed by atoms with E-state index < -0.39 is 48.2 Å². The molecule has 11 heteroatoms. The van der Waals surface area contributed by atoms with Crippen LogP contribution < -0.4 is 5.32 Å². The molecule has 0 bridgehead atoms. The van der Waals surface area contributed by atoms with Gasteiger partial charge in [0.25, 0.3) is 10.1 Å². The summed E-state index contributed by atoms with van der Waals surface area (Å²) in [5.41, 5.74) is -1.56. The van der Waals surface area contributed by atoms with Crippen molar-refractivity contribution in [3.63, 3.8) is 0 Å². The molecule has 0 radical (unpaired) electrons. The topological polar surface area (TPSA) is 138 Å². The van der Waals surface area contributed by atoms with E-state index in [0.717, 1.165) is 0 Å². The van der Waals surface area contributed by atoms with Gasteiger partial charge in [-0.2, -0.15) is 8.42 Å². The SMILES string of the molecule is C[C@]1(NC(=O)CC[N+](C)(C)CCO)CS(=O)(=O)C[C@H]1S(=O)(=O)O. The Morgan fingerprint density at radius 2 is 1.91 bits per heavy atom. The molecule has 3 N–H and O–H groups in total. The number of quaternary nitrogens is 1. The molecule has 0 aromatic heterocycles. The third-order valence-electron chi connectivity index (χ3n) is 4.07. The first-order valence-corrected chi connectivity index (χ1v) is 10.4. The summed E-state index contributed by atoms with van der Waals surface area (Å²) in [5.74, 6) is -1.75. The minimum Gasteiger partial charge on any atom is -0.391 e. The molecule has 0 unspecified atom stereocenters. The lowest BCUT2D eigenvalue weighted by molar-refractivity contribution is -0.890. The fourth-order valence-electron chi connectivity index (χ4n) is 2.72. The van der Waals surface area contributed by atoms with Gasteiger partial charge < -0.3 is 14.9 Å². The molecule has 23 heavy (non-hydrogen) atoms. The van der Waals surface area contributed by atoms with Crippen LogP contribution >= 0.6 is 0 Å². The van der Waals surface area contributed by atoms with Crippen molar-refractivity contribution in [2.45, 2.75) is 24.1 Å². The number of aliphatic hydroxyl groups excluding tert-OH is 1. The Morgan fingerprint density at radius 1 is 1.35 bits per heavy atom. The maximum absolute atomic E-state index is 12.1. The number of carbonyl (C=O) groups excluding carboxylic acids is 1. The number of sulfone groups is 1. The number of rotatable bonds is 7. The van der Waals surface area contributed by atoms with Gasteiger partial charge in [-0.1, -0.05) is 0 Å². The van der Waals surface area contributed by atoms with Crippen molar-refractivity contribution in [3.8, 4) is 0 Å². The molecule has 9 nitrogen and oxygen atoms in total. The standard InChI is InChI=1S/C12H24N2O7S2/c1-12(9-22(17,18)8-10(12)23(19,20)21)13-11(16)4-5-14(2,3)6-7-15/h10,15H,4-9H2,1-3H3,(H-,13,16,19,20,21)/p+1/t10-,12+/m1/s1. The summed E-state index contributed by atoms with van der Waals surface area (Å²) in [6.45, 7) is 2.12. The number of hydrogen-bond donors (Lipinski definition) is 3. The van der Waals surface area contributed by atoms with Gasteiger partial charge in [-0.15, -0.1) is 0 Å². The van der Waals surface area contributed by atoms with E-state index in [9.17, 15) is 26.2 Å². The fraction of sp³-hybridized carbons (Fsp3) is 0.917. The predicted octanol–water partition coefficient (Wildman–Crippen LogP) is -2.00. The van der Waals surface area contributed by atoms with Gasteiger partial charge in [0.15, 0.2) is 9.84 Å². The van der Waals surface area contributed by atoms with Crippen molar-refractivity contribution in [1.82, 2.24) is 5.32 Å². The van der Waals surface area contributed by atoms with Crippen molar-refractivity contribution >= 4 is 25.9 Å². The zero-order chi connectivity index (χ0) is 18.1. The number of hydrogen-bond acceptors (Lipinski definition) is 6. The Labute approximate surface area is 136 Å². The molecule has 136 valence electrons. The largest absolute Gasteiger partial charge is 0.391 e. The van der Waals surface area contributed by atoms with Gasteiger partial charge in [-0.3, -0.25) is 9.35 Å². The van der Waals surface area contributed by atoms with Gasteiger partial charge in [0.05, 0.1) is 50.7 Å². The normalized spacial score (nSPS) is 27.8. The Bertz CT molecular complexity index is 657. The molecular formula is C12H25N2O7S2+. The zero-order valence-corrected chi connectivity index (χ0v) is 15.2. The van der Waals surface area contributed by atoms with E-state index in [4.69, 9.17) is 5.11 Å². The van der Waals surface area contributed by atoms with E-state index in [1.807, 2.05) is 14.1 Å². The summed E-state index contributed by atoms with van der Waals surface area (Å²) in [6, 6.07) is 0. The molecule has 1 aliphatic heterocycles. The third kappa shape index (κ3) is 5.68. The van der Waals surface area contributed by atoms with Crippen LogP contribution in [0.5, 0.6) is 0 Å². The molecule has 1 saturated heterocycles. The van der Waals surface area contributed by atoms with Gasteiger partial charge in [0.1, 0.15) is 11.8 Å². The van der Waals surface area contributed by atoms with Gasteiger partial charge in [0.2, 0.25) is 5.91 Å². The lowest BCUT2D eigenvalue weighted by atomic mass is 10.0. The first kappa shape index (κ1) is 20.3. The van der Waals surface area contributed by atoms with E-state index in [2.05, 4.69) is 5.32 Å². The summed E-state index contributed by atoms with van der Waals surface area (Å²) >= 11 is 0. The molecule has 1 heterocycles. The van der Waals surface area contributed by atoms with E-state index in [-0.39, 0.29) is 13.0 Å². The van der Waals surface area contributed by atoms with Crippen molar-refractivity contribution in [2.75, 3.05) is 45.3 Å². The van der Waals surface area contributed by atoms with Crippen LogP contribution in [0.1, 0.15) is 13.3 Å². The molecule has 1 aliphatic rings. The van der Waals surface area contributed by atoms with Crippen LogP contribution in [0.2, 0.25) is 0 Å². The molecule has 0 aliphatic carbocycles. The average molecular weight is 373 g/mol. The molecule has 1 fully saturated rings. The van der Waals surface area contributed by atoms with Crippen molar-refractivity contribution in [1.29, 1.82) is 0 Å². The van der Waals surface area contributed by atoms with E-state index >= 15 is 0 Å². The monoisotopic (exact) mass is 373 g/mol. The minimum atomic E-state index is -4.61. The summed E-state index contributed by atoms with van der Waals surface area (Å²) in [7, 11) is -4.63. The maximum atomic E-state index is 12.1. The van der Waals surface area contributed by atoms with Crippen LogP contribution in [0.4, 0.5) is 0 Å². The highest BCUT2D eigenvalue weighted by molar-refractivity contribution is 7.94. The average Bonchev–Trinajstić information content (AvgIpc) is 2.56. The first-order chi connectivity index (χ1) is 10.2. The minimum absolute atomic E-state index is 0.0323. The molecule has 0 saturated carbocycles.